The van der Waals surface area contributed by atoms with Gasteiger partial charge in [-0.05, 0) is 0 Å². The van der Waals surface area contributed by atoms with E-state index in [1.807, 2.05) is 0 Å². The van der Waals surface area contributed by atoms with Crippen molar-refractivity contribution in [2.24, 2.45) is 5.73 Å². The third-order valence-electron chi connectivity index (χ3n) is 1.99. The second-order valence-corrected chi connectivity index (χ2v) is 3.41. The Morgan fingerprint density at radius 1 is 1.06 bits per heavy atom. The van der Waals surface area contributed by atoms with E-state index in [2.05, 4.69) is 0 Å². The standard InChI is InChI=1S/C8H17NO7/c9-5(13)1-3(11)6(14)8(16)7(15)4(12)2-10/h4-8,10,12-16H,1-2,9H2/t4-,5?,6+,7-,8-/m1/s1. The highest BCUT2D eigenvalue weighted by molar-refractivity contribution is 5.83. The first-order valence-corrected chi connectivity index (χ1v) is 4.60. The van der Waals surface area contributed by atoms with Crippen LogP contribution in [0.1, 0.15) is 6.42 Å². The lowest BCUT2D eigenvalue weighted by Gasteiger charge is -2.25. The summed E-state index contributed by atoms with van der Waals surface area (Å²) in [5, 5.41) is 53.7. The highest BCUT2D eigenvalue weighted by Crippen LogP contribution is 2.07. The summed E-state index contributed by atoms with van der Waals surface area (Å²) in [4.78, 5) is 11.1. The molecule has 0 aromatic heterocycles. The van der Waals surface area contributed by atoms with Crippen molar-refractivity contribution in [3.63, 3.8) is 0 Å². The Bertz CT molecular complexity index is 222. The molecule has 0 amide bonds. The number of rotatable bonds is 7. The van der Waals surface area contributed by atoms with Gasteiger partial charge in [0.15, 0.2) is 5.78 Å². The van der Waals surface area contributed by atoms with E-state index < -0.39 is 49.5 Å². The molecule has 0 spiro atoms. The molecule has 0 aromatic carbocycles. The van der Waals surface area contributed by atoms with Crippen LogP contribution in [0.2, 0.25) is 0 Å². The average molecular weight is 239 g/mol. The first-order chi connectivity index (χ1) is 7.31. The Morgan fingerprint density at radius 3 is 1.94 bits per heavy atom. The molecule has 8 nitrogen and oxygen atoms in total. The predicted molar refractivity (Wildman–Crippen MR) is 50.9 cm³/mol. The van der Waals surface area contributed by atoms with Gasteiger partial charge in [-0.25, -0.2) is 0 Å². The Morgan fingerprint density at radius 2 is 1.56 bits per heavy atom. The zero-order valence-corrected chi connectivity index (χ0v) is 8.47. The van der Waals surface area contributed by atoms with Crippen LogP contribution in [0, 0.1) is 0 Å². The summed E-state index contributed by atoms with van der Waals surface area (Å²) in [5.74, 6) is -0.980. The largest absolute Gasteiger partial charge is 0.394 e. The molecule has 8 heteroatoms. The number of nitrogens with two attached hydrogens (primary N) is 1. The van der Waals surface area contributed by atoms with Crippen LogP contribution < -0.4 is 5.73 Å². The number of aliphatic hydroxyl groups is 6. The van der Waals surface area contributed by atoms with E-state index in [9.17, 15) is 20.1 Å². The molecule has 0 heterocycles. The average Bonchev–Trinajstić information content (AvgIpc) is 2.23. The predicted octanol–water partition coefficient (Wildman–Crippen LogP) is -4.34. The highest BCUT2D eigenvalue weighted by Gasteiger charge is 2.34. The lowest BCUT2D eigenvalue weighted by Crippen LogP contribution is -2.49. The van der Waals surface area contributed by atoms with Crippen molar-refractivity contribution in [3.05, 3.63) is 0 Å². The Labute approximate surface area is 91.6 Å². The van der Waals surface area contributed by atoms with Crippen LogP contribution in [0.4, 0.5) is 0 Å². The smallest absolute Gasteiger partial charge is 0.167 e. The van der Waals surface area contributed by atoms with E-state index in [1.165, 1.54) is 0 Å². The van der Waals surface area contributed by atoms with Crippen LogP contribution in [-0.4, -0.2) is 73.7 Å². The third kappa shape index (κ3) is 4.49. The molecule has 0 aliphatic rings. The van der Waals surface area contributed by atoms with E-state index in [4.69, 9.17) is 21.1 Å². The molecule has 0 saturated carbocycles. The SMILES string of the molecule is NC(O)CC(=O)[C@H](O)[C@@H](O)[C@H](O)[C@H](O)CO. The van der Waals surface area contributed by atoms with Crippen LogP contribution in [-0.2, 0) is 4.79 Å². The van der Waals surface area contributed by atoms with Crippen LogP contribution >= 0.6 is 0 Å². The minimum atomic E-state index is -1.99. The summed E-state index contributed by atoms with van der Waals surface area (Å²) in [5.41, 5.74) is 4.88. The molecule has 96 valence electrons. The van der Waals surface area contributed by atoms with Crippen molar-refractivity contribution >= 4 is 5.78 Å². The first-order valence-electron chi connectivity index (χ1n) is 4.60. The quantitative estimate of drug-likeness (QED) is 0.219. The van der Waals surface area contributed by atoms with Gasteiger partial charge < -0.3 is 36.4 Å². The molecular formula is C8H17NO7. The van der Waals surface area contributed by atoms with Gasteiger partial charge in [-0.2, -0.15) is 0 Å². The normalized spacial score (nSPS) is 20.9. The molecule has 0 aromatic rings. The van der Waals surface area contributed by atoms with E-state index in [0.717, 1.165) is 0 Å². The molecule has 0 aliphatic heterocycles. The zero-order chi connectivity index (χ0) is 12.9. The first kappa shape index (κ1) is 15.4. The fourth-order valence-corrected chi connectivity index (χ4v) is 1.04. The van der Waals surface area contributed by atoms with Gasteiger partial charge in [0.25, 0.3) is 0 Å². The number of carbonyl (C=O) groups excluding carboxylic acids is 1. The van der Waals surface area contributed by atoms with E-state index in [-0.39, 0.29) is 0 Å². The van der Waals surface area contributed by atoms with Gasteiger partial charge in [-0.15, -0.1) is 0 Å². The van der Waals surface area contributed by atoms with E-state index in [0.29, 0.717) is 0 Å². The molecule has 5 atom stereocenters. The zero-order valence-electron chi connectivity index (χ0n) is 8.47. The van der Waals surface area contributed by atoms with Gasteiger partial charge in [0.05, 0.1) is 6.61 Å². The lowest BCUT2D eigenvalue weighted by atomic mass is 9.99. The van der Waals surface area contributed by atoms with E-state index >= 15 is 0 Å². The van der Waals surface area contributed by atoms with E-state index in [1.54, 1.807) is 0 Å². The molecule has 0 fully saturated rings. The summed E-state index contributed by atoms with van der Waals surface area (Å²) < 4.78 is 0. The third-order valence-corrected chi connectivity index (χ3v) is 1.99. The molecule has 0 rings (SSSR count). The van der Waals surface area contributed by atoms with Gasteiger partial charge in [0.2, 0.25) is 0 Å². The summed E-state index contributed by atoms with van der Waals surface area (Å²) in [6.07, 6.45) is -9.59. The van der Waals surface area contributed by atoms with Crippen LogP contribution in [0.5, 0.6) is 0 Å². The topological polar surface area (TPSA) is 164 Å². The monoisotopic (exact) mass is 239 g/mol. The molecule has 0 bridgehead atoms. The molecule has 0 aliphatic carbocycles. The summed E-state index contributed by atoms with van der Waals surface area (Å²) >= 11 is 0. The summed E-state index contributed by atoms with van der Waals surface area (Å²) in [7, 11) is 0. The van der Waals surface area contributed by atoms with Gasteiger partial charge in [-0.1, -0.05) is 0 Å². The van der Waals surface area contributed by atoms with Gasteiger partial charge in [0.1, 0.15) is 30.6 Å². The number of carbonyl (C=O) groups is 1. The second-order valence-electron chi connectivity index (χ2n) is 3.41. The molecular weight excluding hydrogens is 222 g/mol. The Balaban J connectivity index is 4.36. The fraction of sp³-hybridized carbons (Fsp3) is 0.875. The van der Waals surface area contributed by atoms with Gasteiger partial charge >= 0.3 is 0 Å². The molecule has 0 radical (unpaired) electrons. The summed E-state index contributed by atoms with van der Waals surface area (Å²) in [6, 6.07) is 0. The van der Waals surface area contributed by atoms with Crippen LogP contribution in [0.3, 0.4) is 0 Å². The van der Waals surface area contributed by atoms with Crippen LogP contribution in [0.15, 0.2) is 0 Å². The van der Waals surface area contributed by atoms with Crippen molar-refractivity contribution < 1.29 is 35.4 Å². The maximum atomic E-state index is 11.1. The van der Waals surface area contributed by atoms with Crippen molar-refractivity contribution in [1.82, 2.24) is 0 Å². The number of hydrogen-bond donors (Lipinski definition) is 7. The van der Waals surface area contributed by atoms with Crippen LogP contribution in [0.25, 0.3) is 0 Å². The highest BCUT2D eigenvalue weighted by atomic mass is 16.4. The molecule has 8 N–H and O–H groups in total. The molecule has 1 unspecified atom stereocenters. The number of Topliss-reactive ketones (excluding diaryl/α,β-unsaturated/α-hetero) is 1. The minimum Gasteiger partial charge on any atom is -0.394 e. The summed E-state index contributed by atoms with van der Waals surface area (Å²) in [6.45, 7) is -0.835. The number of hydrogen-bond acceptors (Lipinski definition) is 8. The lowest BCUT2D eigenvalue weighted by molar-refractivity contribution is -0.148. The van der Waals surface area contributed by atoms with Gasteiger partial charge in [-0.3, -0.25) is 4.79 Å². The Hall–Kier alpha value is -0.610. The Kier molecular flexibility index (Phi) is 6.60. The number of ketones is 1. The maximum Gasteiger partial charge on any atom is 0.167 e. The van der Waals surface area contributed by atoms with Crippen molar-refractivity contribution in [3.8, 4) is 0 Å². The second kappa shape index (κ2) is 6.86. The van der Waals surface area contributed by atoms with Crippen molar-refractivity contribution in [1.29, 1.82) is 0 Å². The van der Waals surface area contributed by atoms with Crippen molar-refractivity contribution in [2.45, 2.75) is 37.1 Å². The van der Waals surface area contributed by atoms with Crippen molar-refractivity contribution in [2.75, 3.05) is 6.61 Å². The van der Waals surface area contributed by atoms with Gasteiger partial charge in [0, 0.05) is 6.42 Å². The number of aliphatic hydroxyl groups excluding tert-OH is 6. The maximum absolute atomic E-state index is 11.1. The minimum absolute atomic E-state index is 0.597. The fourth-order valence-electron chi connectivity index (χ4n) is 1.04. The molecule has 16 heavy (non-hydrogen) atoms. The molecule has 0 saturated heterocycles.